The van der Waals surface area contributed by atoms with Gasteiger partial charge in [-0.1, -0.05) is 5.21 Å². The van der Waals surface area contributed by atoms with Crippen molar-refractivity contribution in [2.24, 2.45) is 0 Å². The fourth-order valence-corrected chi connectivity index (χ4v) is 4.07. The van der Waals surface area contributed by atoms with Crippen molar-refractivity contribution in [2.45, 2.75) is 38.9 Å². The van der Waals surface area contributed by atoms with Gasteiger partial charge in [-0.3, -0.25) is 9.89 Å². The number of fused-ring (bicyclic) bond motifs is 2. The van der Waals surface area contributed by atoms with Gasteiger partial charge in [0.15, 0.2) is 0 Å². The number of halogens is 4. The maximum atomic E-state index is 14.1. The first-order valence-corrected chi connectivity index (χ1v) is 11.2. The molecule has 0 unspecified atom stereocenters. The lowest BCUT2D eigenvalue weighted by Gasteiger charge is -2.24. The van der Waals surface area contributed by atoms with Gasteiger partial charge in [-0.05, 0) is 12.1 Å². The molecular weight excluding hydrogens is 504 g/mol. The van der Waals surface area contributed by atoms with E-state index in [4.69, 9.17) is 4.74 Å². The van der Waals surface area contributed by atoms with Gasteiger partial charge in [0.25, 0.3) is 5.91 Å². The Morgan fingerprint density at radius 1 is 1.08 bits per heavy atom. The van der Waals surface area contributed by atoms with Crippen LogP contribution in [0.3, 0.4) is 0 Å². The smallest absolute Gasteiger partial charge is 0.444 e. The molecule has 0 saturated carbocycles. The second kappa shape index (κ2) is 9.67. The van der Waals surface area contributed by atoms with Gasteiger partial charge in [0.2, 0.25) is 5.82 Å². The van der Waals surface area contributed by atoms with E-state index in [1.165, 1.54) is 4.90 Å². The van der Waals surface area contributed by atoms with Crippen LogP contribution in [0.4, 0.5) is 22.4 Å². The summed E-state index contributed by atoms with van der Waals surface area (Å²) in [6.07, 6.45) is -4.76. The van der Waals surface area contributed by atoms with Crippen molar-refractivity contribution in [2.75, 3.05) is 19.6 Å². The van der Waals surface area contributed by atoms with Gasteiger partial charge >= 0.3 is 12.5 Å². The average Bonchev–Trinajstić information content (AvgIpc) is 3.44. The molecule has 2 aliphatic heterocycles. The van der Waals surface area contributed by atoms with E-state index in [2.05, 4.69) is 30.2 Å². The Morgan fingerprint density at radius 3 is 2.68 bits per heavy atom. The van der Waals surface area contributed by atoms with E-state index in [1.54, 1.807) is 9.58 Å². The Balaban J connectivity index is 1.15. The Bertz CT molecular complexity index is 1300. The van der Waals surface area contributed by atoms with Gasteiger partial charge in [0.05, 0.1) is 18.8 Å². The van der Waals surface area contributed by atoms with Gasteiger partial charge in [0, 0.05) is 44.1 Å². The summed E-state index contributed by atoms with van der Waals surface area (Å²) < 4.78 is 61.3. The molecule has 2 aliphatic rings. The third kappa shape index (κ3) is 5.46. The van der Waals surface area contributed by atoms with Crippen LogP contribution >= 0.6 is 0 Å². The minimum absolute atomic E-state index is 0.0615. The normalized spacial score (nSPS) is 15.6. The second-order valence-corrected chi connectivity index (χ2v) is 8.38. The van der Waals surface area contributed by atoms with E-state index in [1.807, 2.05) is 0 Å². The first-order chi connectivity index (χ1) is 17.7. The number of benzene rings is 1. The summed E-state index contributed by atoms with van der Waals surface area (Å²) in [5.74, 6) is -1.44. The van der Waals surface area contributed by atoms with Gasteiger partial charge in [-0.25, -0.2) is 18.9 Å². The number of aromatic amines is 1. The molecule has 2 aromatic heterocycles. The molecule has 0 atom stereocenters. The lowest BCUT2D eigenvalue weighted by atomic mass is 10.1. The maximum Gasteiger partial charge on any atom is 0.573 e. The van der Waals surface area contributed by atoms with Crippen LogP contribution in [0.1, 0.15) is 33.4 Å². The van der Waals surface area contributed by atoms with Crippen molar-refractivity contribution in [1.29, 1.82) is 0 Å². The maximum absolute atomic E-state index is 14.1. The zero-order chi connectivity index (χ0) is 26.2. The van der Waals surface area contributed by atoms with E-state index in [9.17, 15) is 27.2 Å². The van der Waals surface area contributed by atoms with Gasteiger partial charge in [-0.2, -0.15) is 0 Å². The lowest BCUT2D eigenvalue weighted by Crippen LogP contribution is -2.37. The van der Waals surface area contributed by atoms with E-state index >= 15 is 0 Å². The molecule has 0 spiro atoms. The third-order valence-corrected chi connectivity index (χ3v) is 5.96. The molecule has 1 aromatic carbocycles. The minimum atomic E-state index is -4.95. The predicted molar refractivity (Wildman–Crippen MR) is 113 cm³/mol. The predicted octanol–water partition coefficient (Wildman–Crippen LogP) is 1.83. The van der Waals surface area contributed by atoms with Crippen LogP contribution in [-0.2, 0) is 37.3 Å². The Labute approximate surface area is 206 Å². The first-order valence-electron chi connectivity index (χ1n) is 11.2. The minimum Gasteiger partial charge on any atom is -0.444 e. The lowest BCUT2D eigenvalue weighted by molar-refractivity contribution is -0.274. The van der Waals surface area contributed by atoms with Crippen LogP contribution in [0.2, 0.25) is 0 Å². The van der Waals surface area contributed by atoms with Crippen molar-refractivity contribution in [3.63, 3.8) is 0 Å². The molecule has 0 bridgehead atoms. The fraction of sp³-hybridized carbons (Fsp3) is 0.429. The van der Waals surface area contributed by atoms with Crippen LogP contribution in [0.15, 0.2) is 18.2 Å². The number of H-pyrrole nitrogens is 1. The quantitative estimate of drug-likeness (QED) is 0.512. The van der Waals surface area contributed by atoms with Gasteiger partial charge in [0.1, 0.15) is 29.7 Å². The molecule has 5 rings (SSSR count). The number of carbonyl (C=O) groups is 2. The molecule has 0 radical (unpaired) electrons. The van der Waals surface area contributed by atoms with Gasteiger partial charge < -0.3 is 19.3 Å². The summed E-state index contributed by atoms with van der Waals surface area (Å²) in [6, 6.07) is 2.56. The molecule has 2 amide bonds. The van der Waals surface area contributed by atoms with Crippen LogP contribution in [-0.4, -0.2) is 78.0 Å². The average molecular weight is 524 g/mol. The van der Waals surface area contributed by atoms with Crippen molar-refractivity contribution in [3.05, 3.63) is 52.6 Å². The Hall–Kier alpha value is -4.24. The summed E-state index contributed by atoms with van der Waals surface area (Å²) in [5, 5.41) is 14.9. The number of aromatic nitrogens is 6. The number of carbonyl (C=O) groups excluding carboxylic acids is 2. The summed E-state index contributed by atoms with van der Waals surface area (Å²) in [7, 11) is 0. The number of amides is 2. The highest BCUT2D eigenvalue weighted by molar-refractivity contribution is 5.90. The molecule has 196 valence electrons. The number of rotatable bonds is 4. The summed E-state index contributed by atoms with van der Waals surface area (Å²) in [5.41, 5.74) is 1.51. The van der Waals surface area contributed by atoms with Crippen LogP contribution < -0.4 is 4.74 Å². The number of nitrogens with one attached hydrogen (secondary N) is 1. The van der Waals surface area contributed by atoms with Crippen molar-refractivity contribution < 1.29 is 36.6 Å². The van der Waals surface area contributed by atoms with E-state index in [0.29, 0.717) is 43.5 Å². The Morgan fingerprint density at radius 2 is 1.89 bits per heavy atom. The van der Waals surface area contributed by atoms with E-state index in [-0.39, 0.29) is 36.9 Å². The number of hydrogen-bond donors (Lipinski definition) is 1. The number of nitrogens with zero attached hydrogens (tertiary/aromatic N) is 7. The highest BCUT2D eigenvalue weighted by Crippen LogP contribution is 2.25. The highest BCUT2D eigenvalue weighted by Gasteiger charge is 2.32. The zero-order valence-corrected chi connectivity index (χ0v) is 19.2. The number of hydrogen-bond acceptors (Lipinski definition) is 8. The zero-order valence-electron chi connectivity index (χ0n) is 19.2. The number of alkyl halides is 3. The highest BCUT2D eigenvalue weighted by atomic mass is 19.4. The largest absolute Gasteiger partial charge is 0.573 e. The molecule has 12 nitrogen and oxygen atoms in total. The van der Waals surface area contributed by atoms with E-state index < -0.39 is 30.6 Å². The summed E-state index contributed by atoms with van der Waals surface area (Å²) >= 11 is 0. The summed E-state index contributed by atoms with van der Waals surface area (Å²) in [6.45, 7) is 1.01. The SMILES string of the molecule is O=C(OCc1ccc(OC(F)(F)F)cc1F)N1CCc2nc(C(=O)N3CCc4[nH]nnc4C3)nn2CC1. The second-order valence-electron chi connectivity index (χ2n) is 8.38. The standard InChI is InChI=1S/C21H20F4N8O4/c22-14-9-13(37-21(23,24)25)2-1-12(14)11-36-20(35)31-6-4-17-26-18(29-33(17)8-7-31)19(34)32-5-3-15-16(10-32)28-30-27-15/h1-2,9H,3-8,10-11H2,(H,27,28,30). The van der Waals surface area contributed by atoms with Gasteiger partial charge in [-0.15, -0.1) is 23.4 Å². The third-order valence-electron chi connectivity index (χ3n) is 5.96. The monoisotopic (exact) mass is 524 g/mol. The van der Waals surface area contributed by atoms with Crippen LogP contribution in [0, 0.1) is 5.82 Å². The molecule has 4 heterocycles. The summed E-state index contributed by atoms with van der Waals surface area (Å²) in [4.78, 5) is 32.7. The Kier molecular flexibility index (Phi) is 6.39. The topological polar surface area (TPSA) is 131 Å². The molecule has 3 aromatic rings. The van der Waals surface area contributed by atoms with Crippen molar-refractivity contribution in [3.8, 4) is 5.75 Å². The molecule has 0 saturated heterocycles. The molecule has 1 N–H and O–H groups in total. The molecule has 37 heavy (non-hydrogen) atoms. The van der Waals surface area contributed by atoms with Crippen molar-refractivity contribution in [1.82, 2.24) is 40.0 Å². The van der Waals surface area contributed by atoms with Crippen molar-refractivity contribution >= 4 is 12.0 Å². The molecule has 0 fully saturated rings. The number of ether oxygens (including phenoxy) is 2. The molecule has 16 heteroatoms. The molecular formula is C21H20F4N8O4. The van der Waals surface area contributed by atoms with E-state index in [0.717, 1.165) is 17.8 Å². The fourth-order valence-electron chi connectivity index (χ4n) is 4.07. The molecule has 0 aliphatic carbocycles. The van der Waals surface area contributed by atoms with Crippen LogP contribution in [0.25, 0.3) is 0 Å². The van der Waals surface area contributed by atoms with Crippen LogP contribution in [0.5, 0.6) is 5.75 Å². The first kappa shape index (κ1) is 24.5.